The van der Waals surface area contributed by atoms with Crippen molar-refractivity contribution in [3.8, 4) is 11.1 Å². The van der Waals surface area contributed by atoms with Crippen LogP contribution in [0.1, 0.15) is 5.56 Å². The lowest BCUT2D eigenvalue weighted by atomic mass is 10.0. The van der Waals surface area contributed by atoms with Crippen LogP contribution < -0.4 is 11.1 Å². The molecule has 3 aromatic carbocycles. The van der Waals surface area contributed by atoms with E-state index < -0.39 is 0 Å². The Kier molecular flexibility index (Phi) is 4.17. The van der Waals surface area contributed by atoms with Gasteiger partial charge in [-0.3, -0.25) is 0 Å². The first-order chi connectivity index (χ1) is 10.7. The minimum atomic E-state index is 0.628. The molecule has 0 fully saturated rings. The highest BCUT2D eigenvalue weighted by Gasteiger charge is 2.07. The molecular weight excluding hydrogens is 288 g/mol. The number of hydrogen-bond acceptors (Lipinski definition) is 2. The molecule has 0 unspecified atom stereocenters. The van der Waals surface area contributed by atoms with Gasteiger partial charge in [0.25, 0.3) is 0 Å². The van der Waals surface area contributed by atoms with E-state index in [4.69, 9.17) is 18.0 Å². The highest BCUT2D eigenvalue weighted by atomic mass is 32.1. The molecule has 0 aliphatic rings. The van der Waals surface area contributed by atoms with Crippen LogP contribution in [0.3, 0.4) is 0 Å². The summed E-state index contributed by atoms with van der Waals surface area (Å²) in [5.74, 6) is 0. The van der Waals surface area contributed by atoms with Crippen molar-refractivity contribution < 1.29 is 0 Å². The van der Waals surface area contributed by atoms with Gasteiger partial charge in [0.1, 0.15) is 4.99 Å². The van der Waals surface area contributed by atoms with E-state index in [-0.39, 0.29) is 0 Å². The standard InChI is InChI=1S/C19H16N2S/c20-18-13-15(14-7-3-1-4-8-14)11-12-17(18)19(22)21-16-9-5-2-6-10-16/h1-13H,20H2,(H,21,22). The smallest absolute Gasteiger partial charge is 0.113 e. The van der Waals surface area contributed by atoms with Crippen LogP contribution in [0.2, 0.25) is 0 Å². The molecule has 0 radical (unpaired) electrons. The summed E-state index contributed by atoms with van der Waals surface area (Å²) in [6.07, 6.45) is 0. The molecule has 0 bridgehead atoms. The molecule has 0 saturated heterocycles. The maximum absolute atomic E-state index is 6.19. The number of hydrogen-bond donors (Lipinski definition) is 2. The zero-order valence-corrected chi connectivity index (χ0v) is 12.8. The molecule has 0 aliphatic heterocycles. The van der Waals surface area contributed by atoms with Crippen molar-refractivity contribution in [3.05, 3.63) is 84.4 Å². The summed E-state index contributed by atoms with van der Waals surface area (Å²) in [6.45, 7) is 0. The third kappa shape index (κ3) is 3.15. The van der Waals surface area contributed by atoms with E-state index in [1.807, 2.05) is 66.7 Å². The second kappa shape index (κ2) is 6.41. The minimum absolute atomic E-state index is 0.628. The Morgan fingerprint density at radius 1 is 0.773 bits per heavy atom. The van der Waals surface area contributed by atoms with E-state index in [2.05, 4.69) is 17.4 Å². The van der Waals surface area contributed by atoms with E-state index in [0.717, 1.165) is 22.4 Å². The summed E-state index contributed by atoms with van der Waals surface area (Å²) < 4.78 is 0. The lowest BCUT2D eigenvalue weighted by Crippen LogP contribution is -2.12. The van der Waals surface area contributed by atoms with Crippen LogP contribution in [0.5, 0.6) is 0 Å². The number of para-hydroxylation sites is 1. The normalized spacial score (nSPS) is 10.2. The molecule has 3 rings (SSSR count). The van der Waals surface area contributed by atoms with Crippen LogP contribution in [0.15, 0.2) is 78.9 Å². The third-order valence-corrected chi connectivity index (χ3v) is 3.76. The minimum Gasteiger partial charge on any atom is -0.398 e. The maximum Gasteiger partial charge on any atom is 0.113 e. The molecule has 3 aromatic rings. The molecule has 0 aromatic heterocycles. The Morgan fingerprint density at radius 3 is 2.05 bits per heavy atom. The molecule has 0 heterocycles. The van der Waals surface area contributed by atoms with Crippen LogP contribution >= 0.6 is 12.2 Å². The first kappa shape index (κ1) is 14.3. The fourth-order valence-corrected chi connectivity index (χ4v) is 2.60. The number of thiocarbonyl (C=S) groups is 1. The molecule has 22 heavy (non-hydrogen) atoms. The van der Waals surface area contributed by atoms with Gasteiger partial charge >= 0.3 is 0 Å². The first-order valence-corrected chi connectivity index (χ1v) is 7.46. The van der Waals surface area contributed by atoms with Gasteiger partial charge in [-0.25, -0.2) is 0 Å². The average molecular weight is 304 g/mol. The molecule has 108 valence electrons. The van der Waals surface area contributed by atoms with Crippen LogP contribution in [0.4, 0.5) is 11.4 Å². The summed E-state index contributed by atoms with van der Waals surface area (Å²) in [6, 6.07) is 26.0. The van der Waals surface area contributed by atoms with Gasteiger partial charge in [0.15, 0.2) is 0 Å². The van der Waals surface area contributed by atoms with Gasteiger partial charge in [-0.1, -0.05) is 66.8 Å². The van der Waals surface area contributed by atoms with E-state index in [1.54, 1.807) is 0 Å². The molecule has 0 atom stereocenters. The molecule has 0 aliphatic carbocycles. The van der Waals surface area contributed by atoms with Crippen molar-refractivity contribution in [2.45, 2.75) is 0 Å². The van der Waals surface area contributed by atoms with Crippen LogP contribution in [-0.4, -0.2) is 4.99 Å². The second-order valence-electron chi connectivity index (χ2n) is 4.99. The van der Waals surface area contributed by atoms with Gasteiger partial charge in [-0.15, -0.1) is 0 Å². The lowest BCUT2D eigenvalue weighted by molar-refractivity contribution is 1.58. The predicted octanol–water partition coefficient (Wildman–Crippen LogP) is 4.72. The Hall–Kier alpha value is -2.65. The number of nitrogens with two attached hydrogens (primary N) is 1. The largest absolute Gasteiger partial charge is 0.398 e. The number of benzene rings is 3. The molecule has 3 N–H and O–H groups in total. The maximum atomic E-state index is 6.19. The van der Waals surface area contributed by atoms with Crippen molar-refractivity contribution in [1.82, 2.24) is 0 Å². The van der Waals surface area contributed by atoms with E-state index in [1.165, 1.54) is 0 Å². The summed E-state index contributed by atoms with van der Waals surface area (Å²) >= 11 is 5.46. The zero-order chi connectivity index (χ0) is 15.4. The van der Waals surface area contributed by atoms with Gasteiger partial charge in [-0.05, 0) is 35.4 Å². The number of nitrogens with one attached hydrogen (secondary N) is 1. The van der Waals surface area contributed by atoms with Gasteiger partial charge in [-0.2, -0.15) is 0 Å². The summed E-state index contributed by atoms with van der Waals surface area (Å²) in [5.41, 5.74) is 10.9. The number of nitrogen functional groups attached to an aromatic ring is 1. The van der Waals surface area contributed by atoms with Crippen molar-refractivity contribution in [2.75, 3.05) is 11.1 Å². The van der Waals surface area contributed by atoms with Gasteiger partial charge in [0, 0.05) is 16.9 Å². The van der Waals surface area contributed by atoms with Crippen LogP contribution in [0.25, 0.3) is 11.1 Å². The van der Waals surface area contributed by atoms with Gasteiger partial charge in [0.2, 0.25) is 0 Å². The van der Waals surface area contributed by atoms with E-state index in [9.17, 15) is 0 Å². The number of rotatable bonds is 3. The lowest BCUT2D eigenvalue weighted by Gasteiger charge is -2.12. The van der Waals surface area contributed by atoms with E-state index >= 15 is 0 Å². The molecular formula is C19H16N2S. The molecule has 0 amide bonds. The van der Waals surface area contributed by atoms with E-state index in [0.29, 0.717) is 10.7 Å². The Labute approximate surface area is 135 Å². The monoisotopic (exact) mass is 304 g/mol. The van der Waals surface area contributed by atoms with Crippen molar-refractivity contribution in [3.63, 3.8) is 0 Å². The SMILES string of the molecule is Nc1cc(-c2ccccc2)ccc1C(=S)Nc1ccccc1. The van der Waals surface area contributed by atoms with Gasteiger partial charge < -0.3 is 11.1 Å². The molecule has 3 heteroatoms. The summed E-state index contributed by atoms with van der Waals surface area (Å²) in [5, 5.41) is 3.21. The van der Waals surface area contributed by atoms with Crippen LogP contribution in [0, 0.1) is 0 Å². The van der Waals surface area contributed by atoms with Crippen molar-refractivity contribution >= 4 is 28.6 Å². The molecule has 0 saturated carbocycles. The highest BCUT2D eigenvalue weighted by molar-refractivity contribution is 7.81. The Bertz CT molecular complexity index is 783. The predicted molar refractivity (Wildman–Crippen MR) is 98.1 cm³/mol. The quantitative estimate of drug-likeness (QED) is 0.543. The van der Waals surface area contributed by atoms with Crippen LogP contribution in [-0.2, 0) is 0 Å². The summed E-state index contributed by atoms with van der Waals surface area (Å²) in [7, 11) is 0. The van der Waals surface area contributed by atoms with Crippen molar-refractivity contribution in [2.24, 2.45) is 0 Å². The second-order valence-corrected chi connectivity index (χ2v) is 5.40. The highest BCUT2D eigenvalue weighted by Crippen LogP contribution is 2.24. The van der Waals surface area contributed by atoms with Crippen molar-refractivity contribution in [1.29, 1.82) is 0 Å². The average Bonchev–Trinajstić information content (AvgIpc) is 2.56. The Balaban J connectivity index is 1.85. The Morgan fingerprint density at radius 2 is 1.41 bits per heavy atom. The fraction of sp³-hybridized carbons (Fsp3) is 0. The molecule has 0 spiro atoms. The summed E-state index contributed by atoms with van der Waals surface area (Å²) in [4.78, 5) is 0.628. The third-order valence-electron chi connectivity index (χ3n) is 3.43. The first-order valence-electron chi connectivity index (χ1n) is 7.05. The zero-order valence-electron chi connectivity index (χ0n) is 12.0. The fourth-order valence-electron chi connectivity index (χ4n) is 2.30. The molecule has 2 nitrogen and oxygen atoms in total. The van der Waals surface area contributed by atoms with Gasteiger partial charge in [0.05, 0.1) is 0 Å². The topological polar surface area (TPSA) is 38.0 Å². The number of anilines is 2.